The molecule has 1 N–H and O–H groups in total. The van der Waals surface area contributed by atoms with Gasteiger partial charge in [0.15, 0.2) is 0 Å². The first kappa shape index (κ1) is 22.1. The van der Waals surface area contributed by atoms with Gasteiger partial charge in [0.1, 0.15) is 11.4 Å². The summed E-state index contributed by atoms with van der Waals surface area (Å²) in [5.41, 5.74) is 2.34. The molecule has 6 nitrogen and oxygen atoms in total. The number of benzene rings is 2. The van der Waals surface area contributed by atoms with Gasteiger partial charge in [0.2, 0.25) is 5.95 Å². The fourth-order valence-corrected chi connectivity index (χ4v) is 4.23. The normalized spacial score (nSPS) is 16.9. The second-order valence-corrected chi connectivity index (χ2v) is 9.45. The van der Waals surface area contributed by atoms with Gasteiger partial charge >= 0.3 is 6.09 Å². The fourth-order valence-electron chi connectivity index (χ4n) is 4.23. The Labute approximate surface area is 188 Å². The predicted octanol–water partition coefficient (Wildman–Crippen LogP) is 4.96. The first-order chi connectivity index (χ1) is 15.3. The standard InChI is InChI=1S/C25H31FN4O2/c1-25(2,3)32-24(31)27-15-19-9-7-13-29(16-19)23-28-21-11-4-5-12-22(21)30(23)17-18-8-6-10-20(26)14-18/h4-6,8,10-12,14,19H,7,9,13,15-17H2,1-3H3,(H,27,31)/t19-/m0/s1. The van der Waals surface area contributed by atoms with Crippen molar-refractivity contribution in [3.05, 3.63) is 59.9 Å². The van der Waals surface area contributed by atoms with Crippen molar-refractivity contribution < 1.29 is 13.9 Å². The topological polar surface area (TPSA) is 59.4 Å². The minimum atomic E-state index is -0.509. The molecule has 32 heavy (non-hydrogen) atoms. The van der Waals surface area contributed by atoms with Crippen LogP contribution in [0.25, 0.3) is 11.0 Å². The molecule has 0 aliphatic carbocycles. The summed E-state index contributed by atoms with van der Waals surface area (Å²) in [6.45, 7) is 8.38. The Morgan fingerprint density at radius 1 is 1.22 bits per heavy atom. The number of piperidine rings is 1. The van der Waals surface area contributed by atoms with Crippen LogP contribution in [-0.4, -0.2) is 40.9 Å². The Morgan fingerprint density at radius 2 is 2.03 bits per heavy atom. The molecule has 0 unspecified atom stereocenters. The van der Waals surface area contributed by atoms with E-state index < -0.39 is 5.60 Å². The Bertz CT molecular complexity index is 1090. The van der Waals surface area contributed by atoms with Gasteiger partial charge in [-0.05, 0) is 69.4 Å². The number of hydrogen-bond acceptors (Lipinski definition) is 4. The van der Waals surface area contributed by atoms with Gasteiger partial charge in [-0.3, -0.25) is 0 Å². The van der Waals surface area contributed by atoms with Crippen LogP contribution in [0.4, 0.5) is 15.1 Å². The summed E-state index contributed by atoms with van der Waals surface area (Å²) in [4.78, 5) is 19.3. The molecule has 2 aromatic carbocycles. The summed E-state index contributed by atoms with van der Waals surface area (Å²) >= 11 is 0. The molecule has 3 aromatic rings. The van der Waals surface area contributed by atoms with Crippen LogP contribution < -0.4 is 10.2 Å². The molecule has 1 aliphatic heterocycles. The second-order valence-electron chi connectivity index (χ2n) is 9.45. The van der Waals surface area contributed by atoms with Crippen LogP contribution in [0.3, 0.4) is 0 Å². The first-order valence-electron chi connectivity index (χ1n) is 11.2. The molecule has 1 atom stereocenters. The van der Waals surface area contributed by atoms with E-state index in [1.54, 1.807) is 12.1 Å². The third-order valence-electron chi connectivity index (χ3n) is 5.60. The molecule has 1 amide bonds. The average molecular weight is 439 g/mol. The molecule has 1 fully saturated rings. The summed E-state index contributed by atoms with van der Waals surface area (Å²) < 4.78 is 21.3. The number of alkyl carbamates (subject to hydrolysis) is 1. The van der Waals surface area contributed by atoms with Crippen molar-refractivity contribution in [1.82, 2.24) is 14.9 Å². The van der Waals surface area contributed by atoms with Crippen LogP contribution in [0.2, 0.25) is 0 Å². The van der Waals surface area contributed by atoms with Crippen molar-refractivity contribution >= 4 is 23.1 Å². The number of imidazole rings is 1. The van der Waals surface area contributed by atoms with Gasteiger partial charge in [-0.25, -0.2) is 14.2 Å². The zero-order valence-corrected chi connectivity index (χ0v) is 19.0. The SMILES string of the molecule is CC(C)(C)OC(=O)NC[C@@H]1CCCN(c2nc3ccccc3n2Cc2cccc(F)c2)C1. The molecular weight excluding hydrogens is 407 g/mol. The van der Waals surface area contributed by atoms with Crippen LogP contribution in [0.5, 0.6) is 0 Å². The highest BCUT2D eigenvalue weighted by molar-refractivity contribution is 5.79. The van der Waals surface area contributed by atoms with Crippen LogP contribution in [-0.2, 0) is 11.3 Å². The zero-order chi connectivity index (χ0) is 22.7. The van der Waals surface area contributed by atoms with E-state index in [1.165, 1.54) is 6.07 Å². The maximum Gasteiger partial charge on any atom is 0.407 e. The van der Waals surface area contributed by atoms with E-state index in [2.05, 4.69) is 20.9 Å². The number of aromatic nitrogens is 2. The molecule has 0 saturated carbocycles. The minimum absolute atomic E-state index is 0.236. The summed E-state index contributed by atoms with van der Waals surface area (Å²) in [6.07, 6.45) is 1.67. The van der Waals surface area contributed by atoms with Crippen molar-refractivity contribution in [3.63, 3.8) is 0 Å². The van der Waals surface area contributed by atoms with Gasteiger partial charge in [-0.2, -0.15) is 0 Å². The minimum Gasteiger partial charge on any atom is -0.444 e. The lowest BCUT2D eigenvalue weighted by Crippen LogP contribution is -2.43. The molecule has 1 aromatic heterocycles. The van der Waals surface area contributed by atoms with Crippen molar-refractivity contribution in [1.29, 1.82) is 0 Å². The summed E-state index contributed by atoms with van der Waals surface area (Å²) in [5.74, 6) is 0.954. The Hall–Kier alpha value is -3.09. The largest absolute Gasteiger partial charge is 0.444 e. The number of hydrogen-bond donors (Lipinski definition) is 1. The van der Waals surface area contributed by atoms with Gasteiger partial charge in [0.05, 0.1) is 17.6 Å². The number of rotatable bonds is 5. The predicted molar refractivity (Wildman–Crippen MR) is 124 cm³/mol. The highest BCUT2D eigenvalue weighted by Crippen LogP contribution is 2.28. The number of carbonyl (C=O) groups is 1. The Morgan fingerprint density at radius 3 is 2.81 bits per heavy atom. The first-order valence-corrected chi connectivity index (χ1v) is 11.2. The van der Waals surface area contributed by atoms with Crippen LogP contribution in [0.15, 0.2) is 48.5 Å². The summed E-state index contributed by atoms with van der Waals surface area (Å²) in [6, 6.07) is 14.7. The zero-order valence-electron chi connectivity index (χ0n) is 19.0. The molecule has 4 rings (SSSR count). The highest BCUT2D eigenvalue weighted by Gasteiger charge is 2.26. The molecule has 0 spiro atoms. The number of ether oxygens (including phenoxy) is 1. The van der Waals surface area contributed by atoms with E-state index in [0.717, 1.165) is 48.5 Å². The van der Waals surface area contributed by atoms with E-state index in [0.29, 0.717) is 19.0 Å². The van der Waals surface area contributed by atoms with Crippen molar-refractivity contribution in [2.75, 3.05) is 24.5 Å². The lowest BCUT2D eigenvalue weighted by Gasteiger charge is -2.34. The highest BCUT2D eigenvalue weighted by atomic mass is 19.1. The number of nitrogens with one attached hydrogen (secondary N) is 1. The molecule has 2 heterocycles. The number of amides is 1. The summed E-state index contributed by atoms with van der Waals surface area (Å²) in [7, 11) is 0. The molecule has 1 aliphatic rings. The molecular formula is C25H31FN4O2. The van der Waals surface area contributed by atoms with E-state index in [9.17, 15) is 9.18 Å². The monoisotopic (exact) mass is 438 g/mol. The van der Waals surface area contributed by atoms with Crippen molar-refractivity contribution in [2.45, 2.75) is 45.8 Å². The molecule has 170 valence electrons. The smallest absolute Gasteiger partial charge is 0.407 e. The third kappa shape index (κ3) is 5.39. The third-order valence-corrected chi connectivity index (χ3v) is 5.60. The Balaban J connectivity index is 1.53. The lowest BCUT2D eigenvalue weighted by atomic mass is 9.98. The number of carbonyl (C=O) groups excluding carboxylic acids is 1. The Kier molecular flexibility index (Phi) is 6.35. The van der Waals surface area contributed by atoms with E-state index in [-0.39, 0.29) is 11.9 Å². The van der Waals surface area contributed by atoms with Gasteiger partial charge < -0.3 is 19.5 Å². The van der Waals surface area contributed by atoms with E-state index in [1.807, 2.05) is 45.0 Å². The van der Waals surface area contributed by atoms with Crippen molar-refractivity contribution in [3.8, 4) is 0 Å². The fraction of sp³-hybridized carbons (Fsp3) is 0.440. The number of anilines is 1. The van der Waals surface area contributed by atoms with Crippen LogP contribution >= 0.6 is 0 Å². The number of para-hydroxylation sites is 2. The number of fused-ring (bicyclic) bond motifs is 1. The molecule has 7 heteroatoms. The number of halogens is 1. The maximum atomic E-state index is 13.8. The molecule has 0 bridgehead atoms. The maximum absolute atomic E-state index is 13.8. The van der Waals surface area contributed by atoms with Gasteiger partial charge in [0.25, 0.3) is 0 Å². The lowest BCUT2D eigenvalue weighted by molar-refractivity contribution is 0.0517. The molecule has 0 radical (unpaired) electrons. The average Bonchev–Trinajstić information content (AvgIpc) is 3.10. The summed E-state index contributed by atoms with van der Waals surface area (Å²) in [5, 5.41) is 2.91. The van der Waals surface area contributed by atoms with Crippen LogP contribution in [0, 0.1) is 11.7 Å². The van der Waals surface area contributed by atoms with Gasteiger partial charge in [-0.1, -0.05) is 24.3 Å². The van der Waals surface area contributed by atoms with E-state index >= 15 is 0 Å². The second kappa shape index (κ2) is 9.18. The van der Waals surface area contributed by atoms with Crippen LogP contribution in [0.1, 0.15) is 39.2 Å². The quantitative estimate of drug-likeness (QED) is 0.611. The number of nitrogens with zero attached hydrogens (tertiary/aromatic N) is 3. The van der Waals surface area contributed by atoms with Gasteiger partial charge in [-0.15, -0.1) is 0 Å². The molecule has 1 saturated heterocycles. The van der Waals surface area contributed by atoms with E-state index in [4.69, 9.17) is 9.72 Å². The van der Waals surface area contributed by atoms with Gasteiger partial charge in [0, 0.05) is 19.6 Å². The van der Waals surface area contributed by atoms with Crippen molar-refractivity contribution in [2.24, 2.45) is 5.92 Å².